The van der Waals surface area contributed by atoms with Gasteiger partial charge < -0.3 is 30.7 Å². The lowest BCUT2D eigenvalue weighted by Crippen LogP contribution is -2.47. The number of aromatic amines is 1. The van der Waals surface area contributed by atoms with Crippen molar-refractivity contribution in [1.29, 1.82) is 0 Å². The summed E-state index contributed by atoms with van der Waals surface area (Å²) in [5, 5.41) is 20.8. The van der Waals surface area contributed by atoms with Crippen LogP contribution >= 0.6 is 0 Å². The van der Waals surface area contributed by atoms with Gasteiger partial charge in [0.25, 0.3) is 5.91 Å². The number of fused-ring (bicyclic) bond motifs is 1. The Morgan fingerprint density at radius 2 is 1.76 bits per heavy atom. The van der Waals surface area contributed by atoms with Crippen molar-refractivity contribution in [3.63, 3.8) is 0 Å². The highest BCUT2D eigenvalue weighted by atomic mass is 19.4. The molecule has 2 unspecified atom stereocenters. The summed E-state index contributed by atoms with van der Waals surface area (Å²) in [5.41, 5.74) is 2.27. The van der Waals surface area contributed by atoms with Crippen LogP contribution < -0.4 is 15.5 Å². The number of carboxylic acid groups (broad SMARTS) is 2. The number of benzene rings is 1. The number of hydrogen-bond donors (Lipinski definition) is 5. The Morgan fingerprint density at radius 3 is 2.31 bits per heavy atom. The first kappa shape index (κ1) is 32.0. The van der Waals surface area contributed by atoms with Gasteiger partial charge in [0.15, 0.2) is 0 Å². The van der Waals surface area contributed by atoms with Crippen LogP contribution in [-0.4, -0.2) is 80.2 Å². The summed E-state index contributed by atoms with van der Waals surface area (Å²) >= 11 is 0. The van der Waals surface area contributed by atoms with Crippen molar-refractivity contribution in [3.8, 4) is 11.4 Å². The molecule has 3 aromatic rings. The number of halogens is 6. The van der Waals surface area contributed by atoms with E-state index < -0.39 is 41.9 Å². The standard InChI is InChI=1S/C23H25F3N6O3.C2HF3O2/c1-12-5-4-6-16-17(12)30-19(29-16)14-9-27-10-15(20(33)28-13(2)23(24,25)26)18(14)32-8-7-22(3,11-32)31-21(34)35;3-2(4,5)1(6)7/h4-6,9-10,13,31H,7-8,11H2,1-3H3,(H,28,33)(H,29,30)(H,34,35);(H,6,7). The molecule has 11 nitrogen and oxygen atoms in total. The molecule has 1 aliphatic rings. The number of para-hydroxylation sites is 1. The Bertz CT molecular complexity index is 1490. The molecule has 3 heterocycles. The number of H-pyrrole nitrogens is 1. The maximum Gasteiger partial charge on any atom is 0.490 e. The topological polar surface area (TPSA) is 161 Å². The fourth-order valence-electron chi connectivity index (χ4n) is 4.31. The molecule has 0 spiro atoms. The third kappa shape index (κ3) is 7.38. The molecule has 1 saturated heterocycles. The number of carbonyl (C=O) groups is 3. The van der Waals surface area contributed by atoms with Crippen LogP contribution in [0, 0.1) is 6.92 Å². The van der Waals surface area contributed by atoms with E-state index in [-0.39, 0.29) is 12.1 Å². The fourth-order valence-corrected chi connectivity index (χ4v) is 4.31. The average molecular weight is 605 g/mol. The van der Waals surface area contributed by atoms with E-state index in [1.54, 1.807) is 11.8 Å². The lowest BCUT2D eigenvalue weighted by molar-refractivity contribution is -0.192. The van der Waals surface area contributed by atoms with Crippen LogP contribution in [0.4, 0.5) is 36.8 Å². The van der Waals surface area contributed by atoms with Crippen molar-refractivity contribution in [3.05, 3.63) is 41.7 Å². The zero-order valence-electron chi connectivity index (χ0n) is 22.3. The number of aromatic nitrogens is 3. The van der Waals surface area contributed by atoms with Crippen molar-refractivity contribution in [2.24, 2.45) is 0 Å². The van der Waals surface area contributed by atoms with Gasteiger partial charge in [-0.2, -0.15) is 26.3 Å². The largest absolute Gasteiger partial charge is 0.490 e. The second-order valence-corrected chi connectivity index (χ2v) is 9.84. The van der Waals surface area contributed by atoms with Gasteiger partial charge >= 0.3 is 24.4 Å². The minimum atomic E-state index is -5.08. The summed E-state index contributed by atoms with van der Waals surface area (Å²) in [6.45, 7) is 5.06. The highest BCUT2D eigenvalue weighted by molar-refractivity contribution is 6.03. The van der Waals surface area contributed by atoms with Gasteiger partial charge in [0.1, 0.15) is 11.9 Å². The summed E-state index contributed by atoms with van der Waals surface area (Å²) in [7, 11) is 0. The minimum Gasteiger partial charge on any atom is -0.475 e. The zero-order valence-corrected chi connectivity index (χ0v) is 22.3. The van der Waals surface area contributed by atoms with E-state index in [0.29, 0.717) is 35.6 Å². The summed E-state index contributed by atoms with van der Waals surface area (Å²) < 4.78 is 71.1. The summed E-state index contributed by atoms with van der Waals surface area (Å²) in [5.74, 6) is -3.30. The number of rotatable bonds is 5. The first-order chi connectivity index (χ1) is 19.3. The number of hydrogen-bond acceptors (Lipinski definition) is 6. The fraction of sp³-hybridized carbons (Fsp3) is 0.400. The minimum absolute atomic E-state index is 0.0599. The van der Waals surface area contributed by atoms with Gasteiger partial charge in [-0.05, 0) is 38.8 Å². The van der Waals surface area contributed by atoms with Crippen LogP contribution in [-0.2, 0) is 4.79 Å². The van der Waals surface area contributed by atoms with Gasteiger partial charge in [-0.1, -0.05) is 12.1 Å². The number of nitrogens with zero attached hydrogens (tertiary/aromatic N) is 3. The first-order valence-corrected chi connectivity index (χ1v) is 12.2. The molecule has 0 radical (unpaired) electrons. The van der Waals surface area contributed by atoms with Crippen LogP contribution in [0.3, 0.4) is 0 Å². The lowest BCUT2D eigenvalue weighted by Gasteiger charge is -2.28. The molecule has 2 aromatic heterocycles. The lowest BCUT2D eigenvalue weighted by atomic mass is 10.0. The van der Waals surface area contributed by atoms with Gasteiger partial charge in [-0.25, -0.2) is 14.6 Å². The van der Waals surface area contributed by atoms with Gasteiger partial charge in [-0.3, -0.25) is 9.78 Å². The molecule has 5 N–H and O–H groups in total. The van der Waals surface area contributed by atoms with Crippen molar-refractivity contribution < 1.29 is 50.9 Å². The molecule has 228 valence electrons. The van der Waals surface area contributed by atoms with Crippen molar-refractivity contribution >= 4 is 34.7 Å². The Kier molecular flexibility index (Phi) is 8.93. The molecule has 2 atom stereocenters. The number of pyridine rings is 1. The predicted octanol–water partition coefficient (Wildman–Crippen LogP) is 4.48. The number of alkyl halides is 6. The molecule has 0 saturated carbocycles. The number of imidazole rings is 1. The van der Waals surface area contributed by atoms with Crippen molar-refractivity contribution in [1.82, 2.24) is 25.6 Å². The van der Waals surface area contributed by atoms with Crippen molar-refractivity contribution in [2.45, 2.75) is 51.1 Å². The summed E-state index contributed by atoms with van der Waals surface area (Å²) in [6, 6.07) is 3.54. The Balaban J connectivity index is 0.000000616. The zero-order chi connectivity index (χ0) is 31.6. The number of aryl methyl sites for hydroxylation is 1. The molecular formula is C25H26F6N6O5. The average Bonchev–Trinajstić information content (AvgIpc) is 3.47. The third-order valence-corrected chi connectivity index (χ3v) is 6.41. The van der Waals surface area contributed by atoms with Crippen LogP contribution in [0.15, 0.2) is 30.6 Å². The normalized spacial score (nSPS) is 17.8. The molecule has 2 amide bonds. The van der Waals surface area contributed by atoms with Gasteiger partial charge in [0.2, 0.25) is 0 Å². The monoisotopic (exact) mass is 604 g/mol. The van der Waals surface area contributed by atoms with E-state index in [9.17, 15) is 41.0 Å². The number of nitrogens with one attached hydrogen (secondary N) is 3. The molecule has 42 heavy (non-hydrogen) atoms. The Hall–Kier alpha value is -4.57. The van der Waals surface area contributed by atoms with Crippen molar-refractivity contribution in [2.75, 3.05) is 18.0 Å². The SMILES string of the molecule is Cc1cccc2[nH]c(-c3cncc(C(=O)NC(C)C(F)(F)F)c3N3CCC(C)(NC(=O)O)C3)nc12.O=C(O)C(F)(F)F. The first-order valence-electron chi connectivity index (χ1n) is 12.2. The quantitative estimate of drug-likeness (QED) is 0.267. The molecule has 4 rings (SSSR count). The number of carboxylic acids is 1. The second kappa shape index (κ2) is 11.7. The number of aliphatic carboxylic acids is 1. The molecule has 1 fully saturated rings. The van der Waals surface area contributed by atoms with Crippen LogP contribution in [0.2, 0.25) is 0 Å². The number of amides is 2. The molecule has 1 aliphatic heterocycles. The van der Waals surface area contributed by atoms with E-state index in [0.717, 1.165) is 18.0 Å². The van der Waals surface area contributed by atoms with E-state index in [4.69, 9.17) is 9.90 Å². The van der Waals surface area contributed by atoms with Crippen LogP contribution in [0.5, 0.6) is 0 Å². The Morgan fingerprint density at radius 1 is 1.12 bits per heavy atom. The Labute approximate surface area is 233 Å². The van der Waals surface area contributed by atoms with Crippen LogP contribution in [0.1, 0.15) is 36.2 Å². The maximum atomic E-state index is 13.1. The molecule has 1 aromatic carbocycles. The third-order valence-electron chi connectivity index (χ3n) is 6.41. The molecule has 0 bridgehead atoms. The highest BCUT2D eigenvalue weighted by Gasteiger charge is 2.40. The molecule has 17 heteroatoms. The van der Waals surface area contributed by atoms with Gasteiger partial charge in [-0.15, -0.1) is 0 Å². The predicted molar refractivity (Wildman–Crippen MR) is 137 cm³/mol. The highest BCUT2D eigenvalue weighted by Crippen LogP contribution is 2.37. The van der Waals surface area contributed by atoms with Gasteiger partial charge in [0, 0.05) is 25.5 Å². The van der Waals surface area contributed by atoms with E-state index in [2.05, 4.69) is 20.3 Å². The van der Waals surface area contributed by atoms with E-state index in [1.165, 1.54) is 12.4 Å². The smallest absolute Gasteiger partial charge is 0.475 e. The summed E-state index contributed by atoms with van der Waals surface area (Å²) in [6.07, 6.45) is -7.75. The number of carbonyl (C=O) groups excluding carboxylic acids is 1. The maximum absolute atomic E-state index is 13.1. The van der Waals surface area contributed by atoms with Gasteiger partial charge in [0.05, 0.1) is 33.4 Å². The van der Waals surface area contributed by atoms with E-state index in [1.807, 2.05) is 30.4 Å². The van der Waals surface area contributed by atoms with Crippen LogP contribution in [0.25, 0.3) is 22.4 Å². The second-order valence-electron chi connectivity index (χ2n) is 9.84. The molecular weight excluding hydrogens is 578 g/mol. The van der Waals surface area contributed by atoms with E-state index >= 15 is 0 Å². The number of anilines is 1. The summed E-state index contributed by atoms with van der Waals surface area (Å²) in [4.78, 5) is 47.0. The molecule has 0 aliphatic carbocycles.